The molecule has 0 aliphatic carbocycles. The predicted molar refractivity (Wildman–Crippen MR) is 130 cm³/mol. The van der Waals surface area contributed by atoms with Gasteiger partial charge in [0.25, 0.3) is 11.8 Å². The molecule has 0 saturated carbocycles. The number of carbonyl (C=O) groups excluding carboxylic acids is 3. The van der Waals surface area contributed by atoms with E-state index < -0.39 is 0 Å². The van der Waals surface area contributed by atoms with Crippen LogP contribution in [0.25, 0.3) is 0 Å². The van der Waals surface area contributed by atoms with Gasteiger partial charge < -0.3 is 16.0 Å². The molecule has 3 N–H and O–H groups in total. The van der Waals surface area contributed by atoms with Gasteiger partial charge in [-0.05, 0) is 57.9 Å². The van der Waals surface area contributed by atoms with Crippen molar-refractivity contribution in [1.29, 1.82) is 0 Å². The molecule has 7 heteroatoms. The highest BCUT2D eigenvalue weighted by Crippen LogP contribution is 2.20. The minimum Gasteiger partial charge on any atom is -0.348 e. The molecule has 32 heavy (non-hydrogen) atoms. The third kappa shape index (κ3) is 6.04. The van der Waals surface area contributed by atoms with Gasteiger partial charge in [0.15, 0.2) is 0 Å². The van der Waals surface area contributed by atoms with Crippen molar-refractivity contribution in [2.24, 2.45) is 5.92 Å². The second-order valence-corrected chi connectivity index (χ2v) is 8.36. The summed E-state index contributed by atoms with van der Waals surface area (Å²) in [6.07, 6.45) is 0. The maximum absolute atomic E-state index is 12.8. The molecule has 0 fully saturated rings. The molecule has 0 spiro atoms. The highest BCUT2D eigenvalue weighted by molar-refractivity contribution is 9.10. The maximum Gasteiger partial charge on any atom is 0.256 e. The number of rotatable bonds is 7. The van der Waals surface area contributed by atoms with Crippen LogP contribution in [0.15, 0.2) is 77.3 Å². The summed E-state index contributed by atoms with van der Waals surface area (Å²) >= 11 is 3.37. The third-order valence-electron chi connectivity index (χ3n) is 4.71. The van der Waals surface area contributed by atoms with Gasteiger partial charge in [0, 0.05) is 22.6 Å². The van der Waals surface area contributed by atoms with Gasteiger partial charge in [0.1, 0.15) is 0 Å². The van der Waals surface area contributed by atoms with Crippen LogP contribution in [-0.2, 0) is 11.3 Å². The van der Waals surface area contributed by atoms with Crippen molar-refractivity contribution in [1.82, 2.24) is 5.32 Å². The van der Waals surface area contributed by atoms with Crippen molar-refractivity contribution in [3.63, 3.8) is 0 Å². The van der Waals surface area contributed by atoms with E-state index in [0.29, 0.717) is 27.0 Å². The van der Waals surface area contributed by atoms with Crippen molar-refractivity contribution in [2.75, 3.05) is 10.6 Å². The summed E-state index contributed by atoms with van der Waals surface area (Å²) in [6.45, 7) is 3.93. The lowest BCUT2D eigenvalue weighted by atomic mass is 10.1. The van der Waals surface area contributed by atoms with Crippen LogP contribution in [0, 0.1) is 5.92 Å². The molecule has 0 unspecified atom stereocenters. The number of hydrogen-bond donors (Lipinski definition) is 3. The van der Waals surface area contributed by atoms with Crippen LogP contribution < -0.4 is 16.0 Å². The Kier molecular flexibility index (Phi) is 7.78. The normalized spacial score (nSPS) is 10.5. The zero-order valence-electron chi connectivity index (χ0n) is 17.8. The minimum atomic E-state index is -0.315. The molecule has 0 heterocycles. The van der Waals surface area contributed by atoms with E-state index in [9.17, 15) is 14.4 Å². The average molecular weight is 494 g/mol. The molecular weight excluding hydrogens is 470 g/mol. The molecule has 3 aromatic carbocycles. The lowest BCUT2D eigenvalue weighted by molar-refractivity contribution is -0.118. The van der Waals surface area contributed by atoms with Gasteiger partial charge >= 0.3 is 0 Å². The molecule has 0 saturated heterocycles. The fraction of sp³-hybridized carbons (Fsp3) is 0.160. The number of carbonyl (C=O) groups is 3. The molecule has 0 aliphatic rings. The van der Waals surface area contributed by atoms with E-state index >= 15 is 0 Å². The molecule has 0 atom stereocenters. The Morgan fingerprint density at radius 3 is 2.22 bits per heavy atom. The number of anilines is 2. The molecule has 0 radical (unpaired) electrons. The molecule has 3 aromatic rings. The summed E-state index contributed by atoms with van der Waals surface area (Å²) < 4.78 is 0.670. The molecule has 0 aliphatic heterocycles. The van der Waals surface area contributed by atoms with Crippen LogP contribution in [0.2, 0.25) is 0 Å². The molecule has 3 amide bonds. The number of amides is 3. The first kappa shape index (κ1) is 23.2. The zero-order chi connectivity index (χ0) is 23.1. The van der Waals surface area contributed by atoms with Gasteiger partial charge in [0.2, 0.25) is 5.91 Å². The van der Waals surface area contributed by atoms with Gasteiger partial charge in [-0.25, -0.2) is 0 Å². The molecular formula is C25H24BrN3O3. The fourth-order valence-corrected chi connectivity index (χ4v) is 3.41. The Labute approximate surface area is 195 Å². The van der Waals surface area contributed by atoms with Crippen molar-refractivity contribution in [3.8, 4) is 0 Å². The maximum atomic E-state index is 12.8. The summed E-state index contributed by atoms with van der Waals surface area (Å²) in [5, 5.41) is 8.53. The summed E-state index contributed by atoms with van der Waals surface area (Å²) in [7, 11) is 0. The predicted octanol–water partition coefficient (Wildman–Crippen LogP) is 5.23. The smallest absolute Gasteiger partial charge is 0.256 e. The summed E-state index contributed by atoms with van der Waals surface area (Å²) in [5.41, 5.74) is 2.77. The number of benzene rings is 3. The zero-order valence-corrected chi connectivity index (χ0v) is 19.4. The van der Waals surface area contributed by atoms with Gasteiger partial charge in [0.05, 0.1) is 16.8 Å². The number of halogens is 1. The van der Waals surface area contributed by atoms with E-state index in [1.54, 1.807) is 48.5 Å². The highest BCUT2D eigenvalue weighted by atomic mass is 79.9. The molecule has 164 valence electrons. The standard InChI is InChI=1S/C25H24BrN3O3/c1-16(2)23(30)28-18-9-7-8-17(14-18)15-27-24(31)20-11-4-6-13-22(20)29-25(32)19-10-3-5-12-21(19)26/h3-14,16H,15H2,1-2H3,(H,27,31)(H,28,30)(H,29,32). The quantitative estimate of drug-likeness (QED) is 0.421. The van der Waals surface area contributed by atoms with E-state index in [1.807, 2.05) is 38.1 Å². The molecule has 0 aromatic heterocycles. The van der Waals surface area contributed by atoms with Crippen molar-refractivity contribution in [3.05, 3.63) is 94.0 Å². The number of para-hydroxylation sites is 1. The van der Waals surface area contributed by atoms with E-state index in [0.717, 1.165) is 5.56 Å². The van der Waals surface area contributed by atoms with E-state index in [2.05, 4.69) is 31.9 Å². The Bertz CT molecular complexity index is 1140. The summed E-state index contributed by atoms with van der Waals surface area (Å²) in [6, 6.07) is 21.2. The SMILES string of the molecule is CC(C)C(=O)Nc1cccc(CNC(=O)c2ccccc2NC(=O)c2ccccc2Br)c1. The van der Waals surface area contributed by atoms with Crippen LogP contribution in [0.3, 0.4) is 0 Å². The topological polar surface area (TPSA) is 87.3 Å². The Hall–Kier alpha value is -3.45. The molecule has 0 bridgehead atoms. The number of nitrogens with one attached hydrogen (secondary N) is 3. The third-order valence-corrected chi connectivity index (χ3v) is 5.40. The Balaban J connectivity index is 1.68. The lowest BCUT2D eigenvalue weighted by Gasteiger charge is -2.13. The second-order valence-electron chi connectivity index (χ2n) is 7.51. The second kappa shape index (κ2) is 10.7. The number of hydrogen-bond acceptors (Lipinski definition) is 3. The minimum absolute atomic E-state index is 0.0686. The van der Waals surface area contributed by atoms with E-state index in [1.165, 1.54) is 0 Å². The summed E-state index contributed by atoms with van der Waals surface area (Å²) in [5.74, 6) is -0.821. The fourth-order valence-electron chi connectivity index (χ4n) is 2.95. The van der Waals surface area contributed by atoms with Gasteiger partial charge in [-0.1, -0.05) is 50.2 Å². The Morgan fingerprint density at radius 1 is 0.812 bits per heavy atom. The monoisotopic (exact) mass is 493 g/mol. The molecule has 6 nitrogen and oxygen atoms in total. The highest BCUT2D eigenvalue weighted by Gasteiger charge is 2.15. The first-order valence-electron chi connectivity index (χ1n) is 10.2. The Morgan fingerprint density at radius 2 is 1.50 bits per heavy atom. The van der Waals surface area contributed by atoms with Crippen molar-refractivity contribution >= 4 is 45.0 Å². The first-order chi connectivity index (χ1) is 15.3. The van der Waals surface area contributed by atoms with Crippen LogP contribution in [0.1, 0.15) is 40.1 Å². The largest absolute Gasteiger partial charge is 0.348 e. The first-order valence-corrected chi connectivity index (χ1v) is 11.0. The average Bonchev–Trinajstić information content (AvgIpc) is 2.78. The van der Waals surface area contributed by atoms with Crippen LogP contribution >= 0.6 is 15.9 Å². The van der Waals surface area contributed by atoms with Gasteiger partial charge in [-0.2, -0.15) is 0 Å². The summed E-state index contributed by atoms with van der Waals surface area (Å²) in [4.78, 5) is 37.4. The van der Waals surface area contributed by atoms with Crippen molar-refractivity contribution < 1.29 is 14.4 Å². The van der Waals surface area contributed by atoms with Gasteiger partial charge in [-0.3, -0.25) is 14.4 Å². The lowest BCUT2D eigenvalue weighted by Crippen LogP contribution is -2.25. The van der Waals surface area contributed by atoms with Crippen LogP contribution in [0.4, 0.5) is 11.4 Å². The van der Waals surface area contributed by atoms with Crippen LogP contribution in [-0.4, -0.2) is 17.7 Å². The van der Waals surface area contributed by atoms with Gasteiger partial charge in [-0.15, -0.1) is 0 Å². The van der Waals surface area contributed by atoms with E-state index in [4.69, 9.17) is 0 Å². The van der Waals surface area contributed by atoms with E-state index in [-0.39, 0.29) is 30.2 Å². The van der Waals surface area contributed by atoms with Crippen molar-refractivity contribution in [2.45, 2.75) is 20.4 Å². The molecule has 3 rings (SSSR count). The van der Waals surface area contributed by atoms with Crippen LogP contribution in [0.5, 0.6) is 0 Å².